The first-order chi connectivity index (χ1) is 19.9. The highest BCUT2D eigenvalue weighted by Crippen LogP contribution is 2.47. The number of pyridine rings is 1. The zero-order chi connectivity index (χ0) is 29.5. The molecule has 0 aliphatic heterocycles. The molecule has 216 valence electrons. The van der Waals surface area contributed by atoms with Gasteiger partial charge in [0, 0.05) is 23.9 Å². The van der Waals surface area contributed by atoms with Crippen LogP contribution in [0.2, 0.25) is 0 Å². The van der Waals surface area contributed by atoms with E-state index in [1.54, 1.807) is 56.9 Å². The quantitative estimate of drug-likeness (QED) is 0.214. The number of hydrogen-bond acceptors (Lipinski definition) is 10. The lowest BCUT2D eigenvalue weighted by molar-refractivity contribution is 0.324. The van der Waals surface area contributed by atoms with Crippen molar-refractivity contribution >= 4 is 34.4 Å². The number of methoxy groups -OCH3 is 8. The van der Waals surface area contributed by atoms with Crippen LogP contribution in [-0.2, 0) is 0 Å². The second-order valence-corrected chi connectivity index (χ2v) is 8.62. The number of rotatable bonds is 12. The largest absolute Gasteiger partial charge is 0.493 e. The fourth-order valence-corrected chi connectivity index (χ4v) is 4.51. The maximum absolute atomic E-state index is 5.82. The average Bonchev–Trinajstić information content (AvgIpc) is 3.01. The molecule has 0 spiro atoms. The summed E-state index contributed by atoms with van der Waals surface area (Å²) in [5, 5.41) is 4.18. The van der Waals surface area contributed by atoms with Crippen molar-refractivity contribution in [3.63, 3.8) is 0 Å². The molecule has 10 nitrogen and oxygen atoms in total. The average molecular weight is 563 g/mol. The second-order valence-electron chi connectivity index (χ2n) is 8.62. The summed E-state index contributed by atoms with van der Waals surface area (Å²) in [7, 11) is 12.6. The van der Waals surface area contributed by atoms with Crippen molar-refractivity contribution in [2.75, 3.05) is 62.2 Å². The molecule has 0 unspecified atom stereocenters. The van der Waals surface area contributed by atoms with E-state index < -0.39 is 0 Å². The monoisotopic (exact) mass is 562 g/mol. The van der Waals surface area contributed by atoms with Gasteiger partial charge < -0.3 is 43.2 Å². The predicted octanol–water partition coefficient (Wildman–Crippen LogP) is 6.22. The predicted molar refractivity (Wildman–Crippen MR) is 159 cm³/mol. The standard InChI is InChI=1S/C31H34N2O8/c1-34-23-12-10-18(13-24(23)35-2)9-11-19-14-21(33-20-15-25(36-3)29(39-6)26(16-20)37-4)28-22(32-19)17-27(38-5)30(40-7)31(28)41-8/h9-17H,1-8H3,(H,32,33)/b11-9+. The molecule has 1 heterocycles. The van der Waals surface area contributed by atoms with Crippen molar-refractivity contribution in [1.29, 1.82) is 0 Å². The first kappa shape index (κ1) is 29.0. The van der Waals surface area contributed by atoms with E-state index in [1.165, 1.54) is 0 Å². The van der Waals surface area contributed by atoms with Crippen LogP contribution in [0, 0.1) is 0 Å². The van der Waals surface area contributed by atoms with Gasteiger partial charge >= 0.3 is 0 Å². The molecule has 4 aromatic rings. The molecule has 0 bridgehead atoms. The highest BCUT2D eigenvalue weighted by Gasteiger charge is 2.21. The number of nitrogens with one attached hydrogen (secondary N) is 1. The Hall–Kier alpha value is -4.99. The lowest BCUT2D eigenvalue weighted by atomic mass is 10.1. The summed E-state index contributed by atoms with van der Waals surface area (Å²) in [6.07, 6.45) is 3.85. The van der Waals surface area contributed by atoms with Crippen LogP contribution in [0.25, 0.3) is 23.1 Å². The summed E-state index contributed by atoms with van der Waals surface area (Å²) in [6.45, 7) is 0. The van der Waals surface area contributed by atoms with Gasteiger partial charge in [-0.05, 0) is 29.8 Å². The molecular weight excluding hydrogens is 528 g/mol. The molecular formula is C31H34N2O8. The summed E-state index contributed by atoms with van der Waals surface area (Å²) in [6, 6.07) is 13.0. The summed E-state index contributed by atoms with van der Waals surface area (Å²) in [5.41, 5.74) is 3.61. The lowest BCUT2D eigenvalue weighted by Crippen LogP contribution is -2.02. The van der Waals surface area contributed by atoms with Gasteiger partial charge in [0.2, 0.25) is 11.5 Å². The smallest absolute Gasteiger partial charge is 0.204 e. The van der Waals surface area contributed by atoms with Crippen molar-refractivity contribution in [2.24, 2.45) is 0 Å². The normalized spacial score (nSPS) is 10.8. The minimum Gasteiger partial charge on any atom is -0.493 e. The molecule has 0 aliphatic rings. The molecule has 41 heavy (non-hydrogen) atoms. The number of anilines is 2. The van der Waals surface area contributed by atoms with Crippen LogP contribution in [0.5, 0.6) is 46.0 Å². The van der Waals surface area contributed by atoms with E-state index in [4.69, 9.17) is 42.9 Å². The lowest BCUT2D eigenvalue weighted by Gasteiger charge is -2.19. The topological polar surface area (TPSA) is 98.8 Å². The number of nitrogens with zero attached hydrogens (tertiary/aromatic N) is 1. The van der Waals surface area contributed by atoms with E-state index in [2.05, 4.69) is 5.32 Å². The van der Waals surface area contributed by atoms with Gasteiger partial charge in [0.15, 0.2) is 34.5 Å². The van der Waals surface area contributed by atoms with Crippen LogP contribution in [0.3, 0.4) is 0 Å². The third kappa shape index (κ3) is 5.81. The van der Waals surface area contributed by atoms with Crippen molar-refractivity contribution in [3.05, 3.63) is 53.7 Å². The van der Waals surface area contributed by atoms with Crippen molar-refractivity contribution in [2.45, 2.75) is 0 Å². The van der Waals surface area contributed by atoms with E-state index in [1.807, 2.05) is 54.6 Å². The molecule has 0 fully saturated rings. The van der Waals surface area contributed by atoms with Crippen molar-refractivity contribution < 1.29 is 37.9 Å². The summed E-state index contributed by atoms with van der Waals surface area (Å²) >= 11 is 0. The number of benzene rings is 3. The molecule has 0 radical (unpaired) electrons. The molecule has 0 saturated heterocycles. The highest BCUT2D eigenvalue weighted by molar-refractivity contribution is 6.02. The SMILES string of the molecule is COc1ccc(/C=C/c2cc(Nc3cc(OC)c(OC)c(OC)c3)c3c(OC)c(OC)c(OC)cc3n2)cc1OC. The Labute approximate surface area is 239 Å². The van der Waals surface area contributed by atoms with Crippen molar-refractivity contribution in [3.8, 4) is 46.0 Å². The van der Waals surface area contributed by atoms with Crippen LogP contribution in [0.4, 0.5) is 11.4 Å². The Bertz CT molecular complexity index is 1540. The zero-order valence-electron chi connectivity index (χ0n) is 24.4. The minimum atomic E-state index is 0.450. The number of hydrogen-bond donors (Lipinski definition) is 1. The highest BCUT2D eigenvalue weighted by atomic mass is 16.5. The van der Waals surface area contributed by atoms with Gasteiger partial charge in [0.1, 0.15) is 0 Å². The van der Waals surface area contributed by atoms with E-state index in [0.29, 0.717) is 74.0 Å². The third-order valence-electron chi connectivity index (χ3n) is 6.42. The van der Waals surface area contributed by atoms with Gasteiger partial charge in [-0.2, -0.15) is 0 Å². The molecule has 1 aromatic heterocycles. The molecule has 0 amide bonds. The Morgan fingerprint density at radius 3 is 1.68 bits per heavy atom. The van der Waals surface area contributed by atoms with E-state index in [9.17, 15) is 0 Å². The molecule has 0 aliphatic carbocycles. The number of ether oxygens (including phenoxy) is 8. The third-order valence-corrected chi connectivity index (χ3v) is 6.42. The van der Waals surface area contributed by atoms with Crippen LogP contribution in [0.1, 0.15) is 11.3 Å². The molecule has 0 atom stereocenters. The Morgan fingerprint density at radius 2 is 1.12 bits per heavy atom. The summed E-state index contributed by atoms with van der Waals surface area (Å²) in [4.78, 5) is 4.89. The Morgan fingerprint density at radius 1 is 0.537 bits per heavy atom. The van der Waals surface area contributed by atoms with Gasteiger partial charge in [-0.15, -0.1) is 0 Å². The van der Waals surface area contributed by atoms with E-state index >= 15 is 0 Å². The van der Waals surface area contributed by atoms with Crippen LogP contribution in [-0.4, -0.2) is 61.9 Å². The minimum absolute atomic E-state index is 0.450. The zero-order valence-corrected chi connectivity index (χ0v) is 24.4. The maximum atomic E-state index is 5.82. The van der Waals surface area contributed by atoms with Crippen LogP contribution in [0.15, 0.2) is 42.5 Å². The van der Waals surface area contributed by atoms with Crippen LogP contribution >= 0.6 is 0 Å². The molecule has 0 saturated carbocycles. The van der Waals surface area contributed by atoms with Crippen molar-refractivity contribution in [1.82, 2.24) is 4.98 Å². The number of aromatic nitrogens is 1. The molecule has 3 aromatic carbocycles. The maximum Gasteiger partial charge on any atom is 0.204 e. The van der Waals surface area contributed by atoms with Crippen LogP contribution < -0.4 is 43.2 Å². The van der Waals surface area contributed by atoms with Gasteiger partial charge in [-0.25, -0.2) is 4.98 Å². The summed E-state index contributed by atoms with van der Waals surface area (Å²) < 4.78 is 44.5. The fraction of sp³-hybridized carbons (Fsp3) is 0.258. The second kappa shape index (κ2) is 12.9. The van der Waals surface area contributed by atoms with Gasteiger partial charge in [0.25, 0.3) is 0 Å². The fourth-order valence-electron chi connectivity index (χ4n) is 4.51. The molecule has 1 N–H and O–H groups in total. The summed E-state index contributed by atoms with van der Waals surface area (Å²) in [5.74, 6) is 4.20. The number of fused-ring (bicyclic) bond motifs is 1. The molecule has 4 rings (SSSR count). The van der Waals surface area contributed by atoms with E-state index in [0.717, 1.165) is 5.56 Å². The Balaban J connectivity index is 1.91. The first-order valence-corrected chi connectivity index (χ1v) is 12.6. The van der Waals surface area contributed by atoms with E-state index in [-0.39, 0.29) is 0 Å². The van der Waals surface area contributed by atoms with Gasteiger partial charge in [0.05, 0.1) is 79.2 Å². The first-order valence-electron chi connectivity index (χ1n) is 12.6. The Kier molecular flexibility index (Phi) is 9.13. The van der Waals surface area contributed by atoms with Gasteiger partial charge in [-0.3, -0.25) is 0 Å². The van der Waals surface area contributed by atoms with Gasteiger partial charge in [-0.1, -0.05) is 12.1 Å². The molecule has 10 heteroatoms.